The molecule has 2 aliphatic rings. The molecular weight excluding hydrogens is 364 g/mol. The van der Waals surface area contributed by atoms with Crippen LogP contribution in [0.1, 0.15) is 18.5 Å². The maximum absolute atomic E-state index is 12.0. The standard InChI is InChI=1S/C18H20N6O4/c19-10-13-17(28-16(21-13)14-2-1-9-27-14)24-7-5-23(6-8-24)11-15(25)22-18(26)20-12-3-4-12/h1-2,9,12H,3-8,11H2,(H2,20,22,25,26). The minimum atomic E-state index is -0.433. The summed E-state index contributed by atoms with van der Waals surface area (Å²) in [5.41, 5.74) is 0.203. The van der Waals surface area contributed by atoms with Crippen LogP contribution in [-0.4, -0.2) is 60.6 Å². The third-order valence-corrected chi connectivity index (χ3v) is 4.64. The Morgan fingerprint density at radius 1 is 1.29 bits per heavy atom. The molecule has 3 amide bonds. The topological polar surface area (TPSA) is 128 Å². The summed E-state index contributed by atoms with van der Waals surface area (Å²) < 4.78 is 11.0. The number of hydrogen-bond donors (Lipinski definition) is 2. The number of furan rings is 1. The fourth-order valence-electron chi connectivity index (χ4n) is 3.03. The number of anilines is 1. The van der Waals surface area contributed by atoms with Gasteiger partial charge < -0.3 is 19.1 Å². The number of carbonyl (C=O) groups is 2. The molecule has 2 fully saturated rings. The molecule has 146 valence electrons. The van der Waals surface area contributed by atoms with Gasteiger partial charge in [0.1, 0.15) is 6.07 Å². The number of amides is 3. The van der Waals surface area contributed by atoms with E-state index in [4.69, 9.17) is 8.83 Å². The quantitative estimate of drug-likeness (QED) is 0.779. The van der Waals surface area contributed by atoms with Crippen molar-refractivity contribution in [3.8, 4) is 17.7 Å². The van der Waals surface area contributed by atoms with E-state index in [0.717, 1.165) is 12.8 Å². The van der Waals surface area contributed by atoms with Crippen LogP contribution in [0.4, 0.5) is 10.7 Å². The summed E-state index contributed by atoms with van der Waals surface area (Å²) >= 11 is 0. The van der Waals surface area contributed by atoms with Crippen LogP contribution in [0.5, 0.6) is 0 Å². The molecule has 0 aromatic carbocycles. The first kappa shape index (κ1) is 18.1. The zero-order chi connectivity index (χ0) is 19.5. The van der Waals surface area contributed by atoms with Crippen LogP contribution in [0.3, 0.4) is 0 Å². The maximum atomic E-state index is 12.0. The van der Waals surface area contributed by atoms with Crippen LogP contribution in [0.25, 0.3) is 11.7 Å². The van der Waals surface area contributed by atoms with Crippen LogP contribution >= 0.6 is 0 Å². The Labute approximate surface area is 161 Å². The molecular formula is C18H20N6O4. The number of oxazole rings is 1. The van der Waals surface area contributed by atoms with E-state index in [1.165, 1.54) is 6.26 Å². The van der Waals surface area contributed by atoms with Crippen LogP contribution in [0.15, 0.2) is 27.2 Å². The smallest absolute Gasteiger partial charge is 0.321 e. The molecule has 2 N–H and O–H groups in total. The number of nitrogens with one attached hydrogen (secondary N) is 2. The molecule has 10 nitrogen and oxygen atoms in total. The van der Waals surface area contributed by atoms with Crippen LogP contribution in [0, 0.1) is 11.3 Å². The highest BCUT2D eigenvalue weighted by atomic mass is 16.4. The number of urea groups is 1. The zero-order valence-electron chi connectivity index (χ0n) is 15.2. The van der Waals surface area contributed by atoms with Crippen molar-refractivity contribution >= 4 is 17.8 Å². The average Bonchev–Trinajstić information content (AvgIpc) is 3.17. The second kappa shape index (κ2) is 7.74. The summed E-state index contributed by atoms with van der Waals surface area (Å²) in [5, 5.41) is 14.4. The first-order valence-corrected chi connectivity index (χ1v) is 9.15. The molecule has 0 unspecified atom stereocenters. The summed E-state index contributed by atoms with van der Waals surface area (Å²) in [6, 6.07) is 5.26. The predicted octanol–water partition coefficient (Wildman–Crippen LogP) is 0.916. The van der Waals surface area contributed by atoms with Gasteiger partial charge in [-0.25, -0.2) is 4.79 Å². The van der Waals surface area contributed by atoms with Crippen molar-refractivity contribution in [1.82, 2.24) is 20.5 Å². The van der Waals surface area contributed by atoms with Crippen LogP contribution < -0.4 is 15.5 Å². The predicted molar refractivity (Wildman–Crippen MR) is 97.3 cm³/mol. The van der Waals surface area contributed by atoms with Gasteiger partial charge in [0.15, 0.2) is 5.76 Å². The molecule has 0 spiro atoms. The number of nitrogens with zero attached hydrogens (tertiary/aromatic N) is 4. The molecule has 10 heteroatoms. The summed E-state index contributed by atoms with van der Waals surface area (Å²) in [7, 11) is 0. The summed E-state index contributed by atoms with van der Waals surface area (Å²) in [6.07, 6.45) is 3.45. The Morgan fingerprint density at radius 2 is 2.07 bits per heavy atom. The van der Waals surface area contributed by atoms with Crippen molar-refractivity contribution in [3.63, 3.8) is 0 Å². The highest BCUT2D eigenvalue weighted by Crippen LogP contribution is 2.29. The SMILES string of the molecule is N#Cc1nc(-c2ccco2)oc1N1CCN(CC(=O)NC(=O)NC2CC2)CC1. The third-order valence-electron chi connectivity index (χ3n) is 4.64. The van der Waals surface area contributed by atoms with E-state index < -0.39 is 6.03 Å². The fraction of sp³-hybridized carbons (Fsp3) is 0.444. The normalized spacial score (nSPS) is 17.2. The fourth-order valence-corrected chi connectivity index (χ4v) is 3.03. The summed E-state index contributed by atoms with van der Waals surface area (Å²) in [4.78, 5) is 31.7. The van der Waals surface area contributed by atoms with Crippen molar-refractivity contribution in [1.29, 1.82) is 5.26 Å². The highest BCUT2D eigenvalue weighted by molar-refractivity contribution is 5.95. The molecule has 1 saturated carbocycles. The molecule has 1 aliphatic heterocycles. The number of carbonyl (C=O) groups excluding carboxylic acids is 2. The number of nitriles is 1. The van der Waals surface area contributed by atoms with Crippen molar-refractivity contribution in [2.45, 2.75) is 18.9 Å². The van der Waals surface area contributed by atoms with Gasteiger partial charge in [0.2, 0.25) is 17.5 Å². The van der Waals surface area contributed by atoms with Crippen LogP contribution in [0.2, 0.25) is 0 Å². The second-order valence-corrected chi connectivity index (χ2v) is 6.82. The lowest BCUT2D eigenvalue weighted by molar-refractivity contribution is -0.121. The lowest BCUT2D eigenvalue weighted by Crippen LogP contribution is -2.51. The van der Waals surface area contributed by atoms with Gasteiger partial charge in [0.05, 0.1) is 12.8 Å². The minimum absolute atomic E-state index is 0.144. The van der Waals surface area contributed by atoms with Gasteiger partial charge in [-0.15, -0.1) is 0 Å². The third kappa shape index (κ3) is 4.15. The Balaban J connectivity index is 1.31. The van der Waals surface area contributed by atoms with E-state index in [1.54, 1.807) is 12.1 Å². The van der Waals surface area contributed by atoms with E-state index >= 15 is 0 Å². The van der Waals surface area contributed by atoms with Gasteiger partial charge in [0.25, 0.3) is 5.89 Å². The van der Waals surface area contributed by atoms with Gasteiger partial charge in [-0.3, -0.25) is 15.0 Å². The molecule has 0 bridgehead atoms. The van der Waals surface area contributed by atoms with E-state index in [2.05, 4.69) is 21.7 Å². The molecule has 1 saturated heterocycles. The maximum Gasteiger partial charge on any atom is 0.321 e. The molecule has 1 aliphatic carbocycles. The number of imide groups is 1. The first-order valence-electron chi connectivity index (χ1n) is 9.15. The largest absolute Gasteiger partial charge is 0.459 e. The monoisotopic (exact) mass is 384 g/mol. The number of piperazine rings is 1. The zero-order valence-corrected chi connectivity index (χ0v) is 15.2. The van der Waals surface area contributed by atoms with E-state index in [-0.39, 0.29) is 30.1 Å². The Bertz CT molecular complexity index is 888. The van der Waals surface area contributed by atoms with E-state index in [1.807, 2.05) is 9.80 Å². The van der Waals surface area contributed by atoms with Gasteiger partial charge >= 0.3 is 6.03 Å². The van der Waals surface area contributed by atoms with Gasteiger partial charge in [0, 0.05) is 32.2 Å². The lowest BCUT2D eigenvalue weighted by atomic mass is 10.3. The Morgan fingerprint density at radius 3 is 2.71 bits per heavy atom. The Hall–Kier alpha value is -3.32. The highest BCUT2D eigenvalue weighted by Gasteiger charge is 2.27. The summed E-state index contributed by atoms with van der Waals surface area (Å²) in [6.45, 7) is 2.48. The number of rotatable bonds is 5. The van der Waals surface area contributed by atoms with Crippen molar-refractivity contribution < 1.29 is 18.4 Å². The van der Waals surface area contributed by atoms with Crippen LogP contribution in [-0.2, 0) is 4.79 Å². The summed E-state index contributed by atoms with van der Waals surface area (Å²) in [5.74, 6) is 0.800. The van der Waals surface area contributed by atoms with Gasteiger partial charge in [-0.05, 0) is 25.0 Å². The average molecular weight is 384 g/mol. The molecule has 0 atom stereocenters. The van der Waals surface area contributed by atoms with Crippen molar-refractivity contribution in [2.24, 2.45) is 0 Å². The van der Waals surface area contributed by atoms with Crippen molar-refractivity contribution in [2.75, 3.05) is 37.6 Å². The number of aromatic nitrogens is 1. The molecule has 0 radical (unpaired) electrons. The number of hydrogen-bond acceptors (Lipinski definition) is 8. The first-order chi connectivity index (χ1) is 13.6. The molecule has 28 heavy (non-hydrogen) atoms. The van der Waals surface area contributed by atoms with E-state index in [9.17, 15) is 14.9 Å². The lowest BCUT2D eigenvalue weighted by Gasteiger charge is -2.33. The Kier molecular flexibility index (Phi) is 4.99. The van der Waals surface area contributed by atoms with Crippen molar-refractivity contribution in [3.05, 3.63) is 24.1 Å². The minimum Gasteiger partial charge on any atom is -0.459 e. The van der Waals surface area contributed by atoms with Gasteiger partial charge in [-0.2, -0.15) is 10.2 Å². The molecule has 2 aromatic rings. The van der Waals surface area contributed by atoms with E-state index in [0.29, 0.717) is 37.8 Å². The second-order valence-electron chi connectivity index (χ2n) is 6.82. The molecule has 2 aromatic heterocycles. The van der Waals surface area contributed by atoms with Gasteiger partial charge in [-0.1, -0.05) is 0 Å². The molecule has 3 heterocycles. The molecule has 4 rings (SSSR count).